The topological polar surface area (TPSA) is 64.6 Å². The van der Waals surface area contributed by atoms with Crippen LogP contribution >= 0.6 is 0 Å². The van der Waals surface area contributed by atoms with Crippen LogP contribution in [-0.2, 0) is 9.63 Å². The van der Waals surface area contributed by atoms with Gasteiger partial charge in [0.1, 0.15) is 19.0 Å². The molecule has 5 nitrogen and oxygen atoms in total. The zero-order valence-electron chi connectivity index (χ0n) is 13.7. The van der Waals surface area contributed by atoms with Gasteiger partial charge in [-0.15, -0.1) is 0 Å². The number of rotatable bonds is 9. The first-order valence-corrected chi connectivity index (χ1v) is 7.83. The van der Waals surface area contributed by atoms with Crippen molar-refractivity contribution in [1.29, 1.82) is 0 Å². The highest BCUT2D eigenvalue weighted by atomic mass is 16.7. The van der Waals surface area contributed by atoms with Gasteiger partial charge in [0.05, 0.1) is 0 Å². The highest BCUT2D eigenvalue weighted by Crippen LogP contribution is 2.08. The van der Waals surface area contributed by atoms with E-state index in [1.54, 1.807) is 12.1 Å². The Bertz CT molecular complexity index is 653. The molecular formula is C19H21NO4. The number of nitrogens with one attached hydrogen (secondary N) is 1. The predicted octanol–water partition coefficient (Wildman–Crippen LogP) is 3.08. The smallest absolute Gasteiger partial charge is 0.243 e. The summed E-state index contributed by atoms with van der Waals surface area (Å²) in [4.78, 5) is 28.6. The van der Waals surface area contributed by atoms with Crippen molar-refractivity contribution in [2.24, 2.45) is 0 Å². The lowest BCUT2D eigenvalue weighted by atomic mass is 10.1. The van der Waals surface area contributed by atoms with Crippen molar-refractivity contribution in [3.05, 3.63) is 65.7 Å². The van der Waals surface area contributed by atoms with Crippen LogP contribution in [0.25, 0.3) is 0 Å². The third kappa shape index (κ3) is 6.22. The van der Waals surface area contributed by atoms with E-state index >= 15 is 0 Å². The summed E-state index contributed by atoms with van der Waals surface area (Å²) in [6, 6.07) is 16.6. The zero-order chi connectivity index (χ0) is 17.2. The number of Topliss-reactive ketones (excluding diaryl/α,β-unsaturated/α-hetero) is 1. The Morgan fingerprint density at radius 1 is 0.917 bits per heavy atom. The summed E-state index contributed by atoms with van der Waals surface area (Å²) in [7, 11) is 0. The highest BCUT2D eigenvalue weighted by molar-refractivity contribution is 5.97. The Kier molecular flexibility index (Phi) is 6.98. The number of amides is 1. The zero-order valence-corrected chi connectivity index (χ0v) is 13.7. The molecule has 24 heavy (non-hydrogen) atoms. The van der Waals surface area contributed by atoms with Crippen molar-refractivity contribution in [1.82, 2.24) is 5.48 Å². The summed E-state index contributed by atoms with van der Waals surface area (Å²) >= 11 is 0. The lowest BCUT2D eigenvalue weighted by molar-refractivity contribution is -0.134. The molecule has 1 amide bonds. The maximum Gasteiger partial charge on any atom is 0.243 e. The fourth-order valence-electron chi connectivity index (χ4n) is 2.01. The Balaban J connectivity index is 1.58. The van der Waals surface area contributed by atoms with Crippen molar-refractivity contribution in [2.45, 2.75) is 19.8 Å². The van der Waals surface area contributed by atoms with Gasteiger partial charge in [-0.05, 0) is 19.1 Å². The normalized spacial score (nSPS) is 10.2. The molecule has 0 saturated carbocycles. The molecule has 0 aromatic heterocycles. The van der Waals surface area contributed by atoms with Crippen molar-refractivity contribution in [3.8, 4) is 5.75 Å². The Labute approximate surface area is 141 Å². The van der Waals surface area contributed by atoms with Crippen LogP contribution in [0.3, 0.4) is 0 Å². The monoisotopic (exact) mass is 327 g/mol. The second kappa shape index (κ2) is 9.47. The number of ketones is 1. The average Bonchev–Trinajstić information content (AvgIpc) is 2.61. The van der Waals surface area contributed by atoms with E-state index < -0.39 is 0 Å². The number of para-hydroxylation sites is 1. The van der Waals surface area contributed by atoms with Gasteiger partial charge in [0.2, 0.25) is 5.91 Å². The quantitative estimate of drug-likeness (QED) is 0.437. The first-order valence-electron chi connectivity index (χ1n) is 7.83. The molecule has 0 aliphatic heterocycles. The number of carbonyl (C=O) groups excluding carboxylic acids is 2. The first kappa shape index (κ1) is 17.7. The van der Waals surface area contributed by atoms with Gasteiger partial charge in [-0.1, -0.05) is 48.0 Å². The minimum Gasteiger partial charge on any atom is -0.491 e. The van der Waals surface area contributed by atoms with Gasteiger partial charge in [-0.3, -0.25) is 14.4 Å². The lowest BCUT2D eigenvalue weighted by Crippen LogP contribution is -2.26. The molecule has 2 aromatic rings. The van der Waals surface area contributed by atoms with Gasteiger partial charge in [-0.2, -0.15) is 0 Å². The molecule has 2 aromatic carbocycles. The Morgan fingerprint density at radius 3 is 2.33 bits per heavy atom. The second-order valence-corrected chi connectivity index (χ2v) is 5.32. The summed E-state index contributed by atoms with van der Waals surface area (Å²) in [6.07, 6.45) is 0.241. The van der Waals surface area contributed by atoms with Gasteiger partial charge in [0.15, 0.2) is 5.78 Å². The Hall–Kier alpha value is -2.66. The summed E-state index contributed by atoms with van der Waals surface area (Å²) in [5.74, 6) is 0.365. The van der Waals surface area contributed by atoms with E-state index in [1.165, 1.54) is 0 Å². The third-order valence-corrected chi connectivity index (χ3v) is 3.34. The fourth-order valence-corrected chi connectivity index (χ4v) is 2.01. The van der Waals surface area contributed by atoms with Crippen molar-refractivity contribution < 1.29 is 19.2 Å². The van der Waals surface area contributed by atoms with E-state index in [1.807, 2.05) is 49.4 Å². The number of aryl methyl sites for hydroxylation is 1. The number of carbonyl (C=O) groups is 2. The van der Waals surface area contributed by atoms with Crippen molar-refractivity contribution >= 4 is 11.7 Å². The lowest BCUT2D eigenvalue weighted by Gasteiger charge is -2.07. The molecule has 0 heterocycles. The van der Waals surface area contributed by atoms with Crippen LogP contribution < -0.4 is 10.2 Å². The molecule has 0 saturated heterocycles. The molecule has 0 bridgehead atoms. The molecule has 0 fully saturated rings. The SMILES string of the molecule is Cc1ccc(C(=O)CCC(=O)NOCCOc2ccccc2)cc1. The molecule has 0 spiro atoms. The van der Waals surface area contributed by atoms with Gasteiger partial charge in [0, 0.05) is 18.4 Å². The molecule has 126 valence electrons. The molecule has 0 radical (unpaired) electrons. The number of benzene rings is 2. The van der Waals surface area contributed by atoms with Crippen LogP contribution in [0.5, 0.6) is 5.75 Å². The minimum absolute atomic E-state index is 0.0578. The van der Waals surface area contributed by atoms with Gasteiger partial charge in [0.25, 0.3) is 0 Å². The van der Waals surface area contributed by atoms with Gasteiger partial charge in [-0.25, -0.2) is 5.48 Å². The summed E-state index contributed by atoms with van der Waals surface area (Å²) in [6.45, 7) is 2.51. The molecular weight excluding hydrogens is 306 g/mol. The molecule has 0 unspecified atom stereocenters. The number of hydroxylamine groups is 1. The summed E-state index contributed by atoms with van der Waals surface area (Å²) < 4.78 is 5.42. The van der Waals surface area contributed by atoms with E-state index in [2.05, 4.69) is 5.48 Å². The molecule has 0 aliphatic carbocycles. The molecule has 0 atom stereocenters. The number of hydrogen-bond donors (Lipinski definition) is 1. The van der Waals surface area contributed by atoms with E-state index in [9.17, 15) is 9.59 Å². The van der Waals surface area contributed by atoms with Crippen LogP contribution in [0.15, 0.2) is 54.6 Å². The summed E-state index contributed by atoms with van der Waals surface area (Å²) in [5, 5.41) is 0. The van der Waals surface area contributed by atoms with Crippen molar-refractivity contribution in [3.63, 3.8) is 0 Å². The van der Waals surface area contributed by atoms with Gasteiger partial charge >= 0.3 is 0 Å². The molecule has 0 aliphatic rings. The average molecular weight is 327 g/mol. The summed E-state index contributed by atoms with van der Waals surface area (Å²) in [5.41, 5.74) is 4.02. The van der Waals surface area contributed by atoms with Crippen LogP contribution in [0.2, 0.25) is 0 Å². The van der Waals surface area contributed by atoms with Gasteiger partial charge < -0.3 is 4.74 Å². The molecule has 2 rings (SSSR count). The minimum atomic E-state index is -0.324. The van der Waals surface area contributed by atoms with E-state index in [0.717, 1.165) is 11.3 Å². The largest absolute Gasteiger partial charge is 0.491 e. The first-order chi connectivity index (χ1) is 11.6. The standard InChI is InChI=1S/C19H21NO4/c1-15-7-9-16(10-8-15)18(21)11-12-19(22)20-24-14-13-23-17-5-3-2-4-6-17/h2-10H,11-14H2,1H3,(H,20,22). The maximum atomic E-state index is 12.0. The number of hydrogen-bond acceptors (Lipinski definition) is 4. The van der Waals surface area contributed by atoms with E-state index in [4.69, 9.17) is 9.57 Å². The predicted molar refractivity (Wildman–Crippen MR) is 90.8 cm³/mol. The number of ether oxygens (including phenoxy) is 1. The van der Waals surface area contributed by atoms with Crippen LogP contribution in [0.1, 0.15) is 28.8 Å². The highest BCUT2D eigenvalue weighted by Gasteiger charge is 2.09. The maximum absolute atomic E-state index is 12.0. The van der Waals surface area contributed by atoms with Crippen LogP contribution in [-0.4, -0.2) is 24.9 Å². The Morgan fingerprint density at radius 2 is 1.62 bits per heavy atom. The van der Waals surface area contributed by atoms with E-state index in [0.29, 0.717) is 12.2 Å². The van der Waals surface area contributed by atoms with Crippen LogP contribution in [0, 0.1) is 6.92 Å². The molecule has 5 heteroatoms. The van der Waals surface area contributed by atoms with E-state index in [-0.39, 0.29) is 31.1 Å². The van der Waals surface area contributed by atoms with Crippen LogP contribution in [0.4, 0.5) is 0 Å². The molecule has 1 N–H and O–H groups in total. The fraction of sp³-hybridized carbons (Fsp3) is 0.263. The van der Waals surface area contributed by atoms with Crippen molar-refractivity contribution in [2.75, 3.05) is 13.2 Å². The second-order valence-electron chi connectivity index (χ2n) is 5.32. The third-order valence-electron chi connectivity index (χ3n) is 3.34.